The molecule has 2 unspecified atom stereocenters. The van der Waals surface area contributed by atoms with E-state index in [0.29, 0.717) is 17.3 Å². The van der Waals surface area contributed by atoms with Crippen LogP contribution in [-0.2, 0) is 11.4 Å². The minimum Gasteiger partial charge on any atom is -0.373 e. The second-order valence-electron chi connectivity index (χ2n) is 6.14. The highest BCUT2D eigenvalue weighted by Gasteiger charge is 2.22. The molecule has 0 saturated carbocycles. The van der Waals surface area contributed by atoms with Gasteiger partial charge in [0.1, 0.15) is 11.6 Å². The summed E-state index contributed by atoms with van der Waals surface area (Å²) in [6.07, 6.45) is 4.13. The van der Waals surface area contributed by atoms with Gasteiger partial charge in [-0.25, -0.2) is 9.07 Å². The molecule has 0 spiro atoms. The minimum absolute atomic E-state index is 0.212. The maximum atomic E-state index is 12.9. The second kappa shape index (κ2) is 7.38. The van der Waals surface area contributed by atoms with Crippen LogP contribution < -0.4 is 0 Å². The maximum absolute atomic E-state index is 12.9. The molecular weight excluding hydrogens is 327 g/mol. The molecule has 5 nitrogen and oxygen atoms in total. The number of ether oxygens (including phenoxy) is 1. The fraction of sp³-hybridized carbons (Fsp3) is 0.412. The van der Waals surface area contributed by atoms with E-state index in [1.807, 2.05) is 16.8 Å². The molecule has 128 valence electrons. The summed E-state index contributed by atoms with van der Waals surface area (Å²) in [6.45, 7) is 6.55. The van der Waals surface area contributed by atoms with Gasteiger partial charge in [0.2, 0.25) is 4.77 Å². The first-order valence-electron chi connectivity index (χ1n) is 7.98. The Kier molecular flexibility index (Phi) is 5.23. The zero-order chi connectivity index (χ0) is 17.1. The molecule has 1 fully saturated rings. The average molecular weight is 348 g/mol. The number of nitrogens with one attached hydrogen (secondary N) is 1. The number of hydrogen-bond acceptors (Lipinski definition) is 4. The van der Waals surface area contributed by atoms with Crippen LogP contribution in [0.1, 0.15) is 25.2 Å². The van der Waals surface area contributed by atoms with Gasteiger partial charge in [-0.2, -0.15) is 4.98 Å². The first kappa shape index (κ1) is 17.0. The van der Waals surface area contributed by atoms with Crippen molar-refractivity contribution in [2.75, 3.05) is 13.1 Å². The number of hydrogen-bond donors (Lipinski definition) is 1. The fourth-order valence-corrected chi connectivity index (χ4v) is 3.10. The third-order valence-corrected chi connectivity index (χ3v) is 4.15. The largest absolute Gasteiger partial charge is 0.373 e. The molecule has 0 bridgehead atoms. The molecule has 1 aliphatic heterocycles. The number of aromatic amines is 1. The van der Waals surface area contributed by atoms with Crippen LogP contribution in [0.2, 0.25) is 0 Å². The van der Waals surface area contributed by atoms with Crippen molar-refractivity contribution in [1.29, 1.82) is 0 Å². The summed E-state index contributed by atoms with van der Waals surface area (Å²) in [7, 11) is 0. The summed E-state index contributed by atoms with van der Waals surface area (Å²) in [6, 6.07) is 6.30. The molecule has 1 aromatic heterocycles. The first-order valence-corrected chi connectivity index (χ1v) is 8.39. The van der Waals surface area contributed by atoms with Crippen molar-refractivity contribution >= 4 is 24.4 Å². The molecule has 2 atom stereocenters. The molecule has 1 saturated heterocycles. The highest BCUT2D eigenvalue weighted by molar-refractivity contribution is 7.71. The van der Waals surface area contributed by atoms with E-state index in [1.54, 1.807) is 12.1 Å². The summed E-state index contributed by atoms with van der Waals surface area (Å²) in [5.74, 6) is 0.434. The van der Waals surface area contributed by atoms with E-state index >= 15 is 0 Å². The van der Waals surface area contributed by atoms with Crippen LogP contribution in [0.15, 0.2) is 24.3 Å². The Morgan fingerprint density at radius 1 is 1.25 bits per heavy atom. The van der Waals surface area contributed by atoms with E-state index in [0.717, 1.165) is 18.7 Å². The third kappa shape index (κ3) is 4.37. The number of nitrogens with zero attached hydrogens (tertiary/aromatic N) is 3. The van der Waals surface area contributed by atoms with Crippen molar-refractivity contribution < 1.29 is 9.13 Å². The number of morpholine rings is 1. The van der Waals surface area contributed by atoms with Crippen molar-refractivity contribution in [3.8, 4) is 0 Å². The molecule has 7 heteroatoms. The first-order chi connectivity index (χ1) is 11.5. The van der Waals surface area contributed by atoms with E-state index in [-0.39, 0.29) is 18.0 Å². The Labute approximate surface area is 145 Å². The van der Waals surface area contributed by atoms with Crippen molar-refractivity contribution in [2.24, 2.45) is 0 Å². The van der Waals surface area contributed by atoms with Crippen LogP contribution in [0.5, 0.6) is 0 Å². The van der Waals surface area contributed by atoms with Crippen molar-refractivity contribution in [2.45, 2.75) is 32.7 Å². The maximum Gasteiger partial charge on any atom is 0.217 e. The number of benzene rings is 1. The summed E-state index contributed by atoms with van der Waals surface area (Å²) in [5, 5.41) is 3.20. The molecule has 2 heterocycles. The predicted molar refractivity (Wildman–Crippen MR) is 94.3 cm³/mol. The third-order valence-electron chi connectivity index (χ3n) is 3.84. The predicted octanol–water partition coefficient (Wildman–Crippen LogP) is 3.32. The van der Waals surface area contributed by atoms with Gasteiger partial charge >= 0.3 is 0 Å². The van der Waals surface area contributed by atoms with Gasteiger partial charge < -0.3 is 4.74 Å². The molecule has 3 rings (SSSR count). The Morgan fingerprint density at radius 3 is 2.58 bits per heavy atom. The fourth-order valence-electron chi connectivity index (χ4n) is 2.89. The van der Waals surface area contributed by atoms with Crippen molar-refractivity contribution in [1.82, 2.24) is 19.7 Å². The highest BCUT2D eigenvalue weighted by atomic mass is 32.1. The molecule has 24 heavy (non-hydrogen) atoms. The lowest BCUT2D eigenvalue weighted by Crippen LogP contribution is -2.46. The molecule has 2 aromatic rings. The SMILES string of the molecule is CC1CN(Cn2[nH]c(C=Cc3ccc(F)cc3)nc2=S)CC(C)O1. The van der Waals surface area contributed by atoms with E-state index in [9.17, 15) is 4.39 Å². The average Bonchev–Trinajstić information content (AvgIpc) is 2.86. The van der Waals surface area contributed by atoms with Crippen molar-refractivity contribution in [3.05, 3.63) is 46.2 Å². The Morgan fingerprint density at radius 2 is 1.92 bits per heavy atom. The number of H-pyrrole nitrogens is 1. The van der Waals surface area contributed by atoms with Crippen LogP contribution in [0, 0.1) is 10.6 Å². The van der Waals surface area contributed by atoms with E-state index in [2.05, 4.69) is 28.8 Å². The van der Waals surface area contributed by atoms with Crippen molar-refractivity contribution in [3.63, 3.8) is 0 Å². The highest BCUT2D eigenvalue weighted by Crippen LogP contribution is 2.12. The topological polar surface area (TPSA) is 46.1 Å². The molecule has 0 aliphatic carbocycles. The second-order valence-corrected chi connectivity index (χ2v) is 6.50. The molecular formula is C17H21FN4OS. The summed E-state index contributed by atoms with van der Waals surface area (Å²) in [4.78, 5) is 6.64. The lowest BCUT2D eigenvalue weighted by Gasteiger charge is -2.35. The zero-order valence-electron chi connectivity index (χ0n) is 13.8. The van der Waals surface area contributed by atoms with Gasteiger partial charge in [-0.05, 0) is 49.8 Å². The molecule has 1 aromatic carbocycles. The van der Waals surface area contributed by atoms with Crippen LogP contribution in [0.4, 0.5) is 4.39 Å². The summed E-state index contributed by atoms with van der Waals surface area (Å²) < 4.78 is 21.0. The summed E-state index contributed by atoms with van der Waals surface area (Å²) >= 11 is 5.33. The normalized spacial score (nSPS) is 22.3. The van der Waals surface area contributed by atoms with Crippen LogP contribution in [0.3, 0.4) is 0 Å². The molecule has 1 aliphatic rings. The standard InChI is InChI=1S/C17H21FN4OS/c1-12-9-21(10-13(2)23-12)11-22-17(24)19-16(20-22)8-5-14-3-6-15(18)7-4-14/h3-8,12-13H,9-11H2,1-2H3,(H,19,20,24). The quantitative estimate of drug-likeness (QED) is 0.861. The zero-order valence-corrected chi connectivity index (χ0v) is 14.6. The molecule has 0 amide bonds. The van der Waals surface area contributed by atoms with Gasteiger partial charge in [0, 0.05) is 13.1 Å². The Balaban J connectivity index is 1.68. The molecule has 1 N–H and O–H groups in total. The monoisotopic (exact) mass is 348 g/mol. The molecule has 0 radical (unpaired) electrons. The van der Waals surface area contributed by atoms with E-state index in [1.165, 1.54) is 12.1 Å². The van der Waals surface area contributed by atoms with E-state index < -0.39 is 0 Å². The van der Waals surface area contributed by atoms with Gasteiger partial charge in [0.05, 0.1) is 18.9 Å². The lowest BCUT2D eigenvalue weighted by molar-refractivity contribution is -0.0777. The summed E-state index contributed by atoms with van der Waals surface area (Å²) in [5.41, 5.74) is 0.904. The number of aromatic nitrogens is 3. The Hall–Kier alpha value is -1.83. The van der Waals surface area contributed by atoms with Gasteiger partial charge in [-0.3, -0.25) is 10.00 Å². The Bertz CT molecular complexity index is 758. The van der Waals surface area contributed by atoms with Crippen LogP contribution >= 0.6 is 12.2 Å². The number of rotatable bonds is 4. The van der Waals surface area contributed by atoms with Gasteiger partial charge in [0.15, 0.2) is 0 Å². The van der Waals surface area contributed by atoms with Gasteiger partial charge in [-0.15, -0.1) is 0 Å². The van der Waals surface area contributed by atoms with Crippen LogP contribution in [-0.4, -0.2) is 45.0 Å². The van der Waals surface area contributed by atoms with Gasteiger partial charge in [0.25, 0.3) is 0 Å². The smallest absolute Gasteiger partial charge is 0.217 e. The lowest BCUT2D eigenvalue weighted by atomic mass is 10.2. The van der Waals surface area contributed by atoms with E-state index in [4.69, 9.17) is 17.0 Å². The number of halogens is 1. The minimum atomic E-state index is -0.246. The van der Waals surface area contributed by atoms with Crippen LogP contribution in [0.25, 0.3) is 12.2 Å². The van der Waals surface area contributed by atoms with Gasteiger partial charge in [-0.1, -0.05) is 18.2 Å².